The van der Waals surface area contributed by atoms with Gasteiger partial charge in [-0.2, -0.15) is 4.31 Å². The molecule has 1 fully saturated rings. The highest BCUT2D eigenvalue weighted by Crippen LogP contribution is 2.25. The second-order valence-corrected chi connectivity index (χ2v) is 11.6. The number of rotatable bonds is 7. The summed E-state index contributed by atoms with van der Waals surface area (Å²) in [5, 5.41) is 16.8. The zero-order valence-electron chi connectivity index (χ0n) is 22.0. The number of sulfonamides is 1. The van der Waals surface area contributed by atoms with Crippen LogP contribution in [0.1, 0.15) is 35.9 Å². The highest BCUT2D eigenvalue weighted by atomic mass is 32.2. The molecule has 39 heavy (non-hydrogen) atoms. The Hall–Kier alpha value is -4.22. The average molecular weight is 544 g/mol. The van der Waals surface area contributed by atoms with Gasteiger partial charge in [-0.3, -0.25) is 4.79 Å². The van der Waals surface area contributed by atoms with Crippen LogP contribution in [-0.2, 0) is 14.8 Å². The van der Waals surface area contributed by atoms with Gasteiger partial charge in [-0.15, -0.1) is 10.2 Å². The Morgan fingerprint density at radius 1 is 0.795 bits per heavy atom. The van der Waals surface area contributed by atoms with Crippen LogP contribution in [0.3, 0.4) is 0 Å². The molecule has 0 atom stereocenters. The Morgan fingerprint density at radius 2 is 1.26 bits per heavy atom. The average Bonchev–Trinajstić information content (AvgIpc) is 3.56. The highest BCUT2D eigenvalue weighted by Gasteiger charge is 2.33. The third-order valence-electron chi connectivity index (χ3n) is 6.52. The molecule has 0 unspecified atom stereocenters. The van der Waals surface area contributed by atoms with Crippen LogP contribution in [-0.4, -0.2) is 67.3 Å². The Bertz CT molecular complexity index is 1590. The number of aryl methyl sites for hydroxylation is 2. The largest absolute Gasteiger partial charge is 0.289 e. The second kappa shape index (κ2) is 10.9. The van der Waals surface area contributed by atoms with Crippen molar-refractivity contribution in [3.8, 4) is 11.4 Å². The molecule has 1 aliphatic heterocycles. The summed E-state index contributed by atoms with van der Waals surface area (Å²) in [6.07, 6.45) is 7.13. The molecule has 0 N–H and O–H groups in total. The number of benzene rings is 2. The molecule has 3 heterocycles. The van der Waals surface area contributed by atoms with Crippen molar-refractivity contribution < 1.29 is 13.2 Å². The van der Waals surface area contributed by atoms with Crippen LogP contribution < -0.4 is 0 Å². The molecule has 5 rings (SSSR count). The van der Waals surface area contributed by atoms with Gasteiger partial charge in [0.2, 0.25) is 10.0 Å². The van der Waals surface area contributed by atoms with Crippen LogP contribution in [0.4, 0.5) is 0 Å². The fraction of sp³-hybridized carbons (Fsp3) is 0.250. The van der Waals surface area contributed by atoms with E-state index in [1.54, 1.807) is 33.9 Å². The van der Waals surface area contributed by atoms with E-state index in [0.717, 1.165) is 22.5 Å². The lowest BCUT2D eigenvalue weighted by molar-refractivity contribution is -0.113. The Balaban J connectivity index is 1.50. The van der Waals surface area contributed by atoms with Gasteiger partial charge < -0.3 is 0 Å². The van der Waals surface area contributed by atoms with E-state index in [-0.39, 0.29) is 24.6 Å². The topological polar surface area (TPSA) is 116 Å². The van der Waals surface area contributed by atoms with Gasteiger partial charge in [-0.05, 0) is 55.7 Å². The lowest BCUT2D eigenvalue weighted by atomic mass is 9.97. The van der Waals surface area contributed by atoms with Crippen molar-refractivity contribution in [2.24, 2.45) is 0 Å². The van der Waals surface area contributed by atoms with E-state index in [0.29, 0.717) is 29.0 Å². The molecule has 4 aromatic rings. The van der Waals surface area contributed by atoms with Gasteiger partial charge in [-0.1, -0.05) is 53.7 Å². The number of aromatic nitrogens is 6. The number of carbonyl (C=O) groups excluding carboxylic acids is 1. The Kier molecular flexibility index (Phi) is 7.36. The van der Waals surface area contributed by atoms with Crippen molar-refractivity contribution in [3.63, 3.8) is 0 Å². The number of nitrogens with zero attached hydrogens (tertiary/aromatic N) is 7. The summed E-state index contributed by atoms with van der Waals surface area (Å²) >= 11 is 0. The summed E-state index contributed by atoms with van der Waals surface area (Å²) in [5.41, 5.74) is 5.34. The first-order chi connectivity index (χ1) is 18.7. The van der Waals surface area contributed by atoms with E-state index in [1.165, 1.54) is 4.31 Å². The Morgan fingerprint density at radius 3 is 1.69 bits per heavy atom. The highest BCUT2D eigenvalue weighted by molar-refractivity contribution is 7.89. The monoisotopic (exact) mass is 543 g/mol. The molecule has 0 spiro atoms. The van der Waals surface area contributed by atoms with Crippen LogP contribution in [0.2, 0.25) is 0 Å². The molecular weight excluding hydrogens is 514 g/mol. The lowest BCUT2D eigenvalue weighted by Crippen LogP contribution is -2.42. The first-order valence-corrected chi connectivity index (χ1v) is 14.3. The molecule has 1 aliphatic rings. The molecule has 1 saturated heterocycles. The summed E-state index contributed by atoms with van der Waals surface area (Å²) < 4.78 is 30.7. The number of hydrogen-bond donors (Lipinski definition) is 0. The van der Waals surface area contributed by atoms with E-state index in [1.807, 2.05) is 69.3 Å². The maximum Gasteiger partial charge on any atom is 0.214 e. The molecule has 0 saturated carbocycles. The zero-order valence-corrected chi connectivity index (χ0v) is 22.8. The number of ketones is 1. The van der Waals surface area contributed by atoms with Crippen molar-refractivity contribution in [1.29, 1.82) is 0 Å². The maximum absolute atomic E-state index is 13.6. The van der Waals surface area contributed by atoms with E-state index in [9.17, 15) is 13.2 Å². The molecule has 0 bridgehead atoms. The van der Waals surface area contributed by atoms with Crippen molar-refractivity contribution in [1.82, 2.24) is 34.3 Å². The number of piperidine rings is 1. The summed E-state index contributed by atoms with van der Waals surface area (Å²) in [5.74, 6) is -0.261. The van der Waals surface area contributed by atoms with Crippen LogP contribution >= 0.6 is 0 Å². The summed E-state index contributed by atoms with van der Waals surface area (Å²) in [6.45, 7) is 5.69. The van der Waals surface area contributed by atoms with Crippen LogP contribution in [0.15, 0.2) is 72.1 Å². The zero-order chi connectivity index (χ0) is 27.6. The first-order valence-electron chi connectivity index (χ1n) is 12.7. The van der Waals surface area contributed by atoms with Crippen molar-refractivity contribution in [2.75, 3.05) is 18.8 Å². The van der Waals surface area contributed by atoms with E-state index in [2.05, 4.69) is 20.6 Å². The third-order valence-corrected chi connectivity index (χ3v) is 8.49. The van der Waals surface area contributed by atoms with E-state index in [4.69, 9.17) is 0 Å². The van der Waals surface area contributed by atoms with Gasteiger partial charge in [-0.25, -0.2) is 17.8 Å². The minimum atomic E-state index is -3.58. The minimum absolute atomic E-state index is 0.00527. The predicted octanol–water partition coefficient (Wildman–Crippen LogP) is 3.56. The molecule has 2 aromatic heterocycles. The summed E-state index contributed by atoms with van der Waals surface area (Å²) in [6, 6.07) is 15.5. The molecule has 0 amide bonds. The third kappa shape index (κ3) is 5.64. The van der Waals surface area contributed by atoms with E-state index >= 15 is 0 Å². The molecule has 200 valence electrons. The van der Waals surface area contributed by atoms with Crippen LogP contribution in [0, 0.1) is 13.8 Å². The van der Waals surface area contributed by atoms with Crippen LogP contribution in [0.25, 0.3) is 23.5 Å². The quantitative estimate of drug-likeness (QED) is 0.327. The molecule has 0 aliphatic carbocycles. The van der Waals surface area contributed by atoms with Crippen molar-refractivity contribution in [2.45, 2.75) is 27.2 Å². The predicted molar refractivity (Wildman–Crippen MR) is 149 cm³/mol. The number of carbonyl (C=O) groups is 1. The molecule has 2 aromatic carbocycles. The fourth-order valence-corrected chi connectivity index (χ4v) is 5.96. The number of hydrogen-bond acceptors (Lipinski definition) is 7. The second-order valence-electron chi connectivity index (χ2n) is 9.50. The standard InChI is InChI=1S/C28H29N7O3S/c1-4-13-39(37,38)33-16-22(14-24-18-34(31-29-24)26-11-7-5-9-20(26)2)28(36)23(17-33)15-25-19-35(32-30-25)27-12-8-6-10-21(27)3/h5-12,14-15,18-19H,4,13,16-17H2,1-3H3. The van der Waals surface area contributed by atoms with Gasteiger partial charge in [0, 0.05) is 24.2 Å². The van der Waals surface area contributed by atoms with Gasteiger partial charge in [0.25, 0.3) is 0 Å². The van der Waals surface area contributed by atoms with Crippen LogP contribution in [0.5, 0.6) is 0 Å². The van der Waals surface area contributed by atoms with Gasteiger partial charge in [0.05, 0.1) is 29.5 Å². The number of Topliss-reactive ketones (excluding diaryl/α,β-unsaturated/α-hetero) is 1. The molecular formula is C28H29N7O3S. The maximum atomic E-state index is 13.6. The van der Waals surface area contributed by atoms with Gasteiger partial charge in [0.15, 0.2) is 5.78 Å². The molecule has 11 heteroatoms. The summed E-state index contributed by atoms with van der Waals surface area (Å²) in [4.78, 5) is 13.6. The summed E-state index contributed by atoms with van der Waals surface area (Å²) in [7, 11) is -3.58. The number of para-hydroxylation sites is 2. The lowest BCUT2D eigenvalue weighted by Gasteiger charge is -2.28. The van der Waals surface area contributed by atoms with Crippen molar-refractivity contribution >= 4 is 28.0 Å². The normalized spacial score (nSPS) is 16.8. The molecule has 10 nitrogen and oxygen atoms in total. The minimum Gasteiger partial charge on any atom is -0.289 e. The van der Waals surface area contributed by atoms with E-state index < -0.39 is 10.0 Å². The molecule has 0 radical (unpaired) electrons. The van der Waals surface area contributed by atoms with Crippen molar-refractivity contribution in [3.05, 3.63) is 94.6 Å². The van der Waals surface area contributed by atoms with Gasteiger partial charge >= 0.3 is 0 Å². The first kappa shape index (κ1) is 26.4. The fourth-order valence-electron chi connectivity index (χ4n) is 4.51. The van der Waals surface area contributed by atoms with Gasteiger partial charge in [0.1, 0.15) is 11.4 Å². The Labute approximate surface area is 227 Å². The smallest absolute Gasteiger partial charge is 0.214 e. The SMILES string of the molecule is CCCS(=O)(=O)N1CC(=Cc2cn(-c3ccccc3C)nn2)C(=O)C(=Cc2cn(-c3ccccc3C)nn2)C1.